The summed E-state index contributed by atoms with van der Waals surface area (Å²) in [4.78, 5) is 9.41. The van der Waals surface area contributed by atoms with Crippen molar-refractivity contribution in [2.75, 3.05) is 0 Å². The fraction of sp³-hybridized carbons (Fsp3) is 0.100. The first kappa shape index (κ1) is 18.7. The summed E-state index contributed by atoms with van der Waals surface area (Å²) in [5.74, 6) is -0.481. The fourth-order valence-corrected chi connectivity index (χ4v) is 1.19. The summed E-state index contributed by atoms with van der Waals surface area (Å²) >= 11 is 0. The van der Waals surface area contributed by atoms with E-state index in [2.05, 4.69) is 12.3 Å². The monoisotopic (exact) mass is 267 g/mol. The third-order valence-electron chi connectivity index (χ3n) is 1.52. The number of hydrogen-bond donors (Lipinski definition) is 2. The minimum Gasteiger partial charge on any atom is -1.00 e. The summed E-state index contributed by atoms with van der Waals surface area (Å²) in [6, 6.07) is 5.99. The molecule has 1 rings (SSSR count). The van der Waals surface area contributed by atoms with Crippen LogP contribution < -0.4 is 35.3 Å². The number of hydrogen-bond acceptors (Lipinski definition) is 3. The summed E-state index contributed by atoms with van der Waals surface area (Å²) in [6.45, 7) is 4.93. The number of nitrogens with two attached hydrogens (primary N) is 1. The fourth-order valence-electron chi connectivity index (χ4n) is 0.710. The third kappa shape index (κ3) is 9.08. The Morgan fingerprint density at radius 3 is 2.00 bits per heavy atom. The SMILES string of the molecule is C=CC(N)=O.Cc1ccc(S(=O)(=O)O)cc1.[H-].[Na+]. The van der Waals surface area contributed by atoms with Gasteiger partial charge in [-0.25, -0.2) is 0 Å². The van der Waals surface area contributed by atoms with Gasteiger partial charge in [-0.2, -0.15) is 8.42 Å². The molecule has 0 aliphatic heterocycles. The van der Waals surface area contributed by atoms with Crippen LogP contribution in [0.1, 0.15) is 6.99 Å². The van der Waals surface area contributed by atoms with E-state index < -0.39 is 16.0 Å². The van der Waals surface area contributed by atoms with Crippen LogP contribution in [0.2, 0.25) is 0 Å². The zero-order chi connectivity index (χ0) is 12.8. The van der Waals surface area contributed by atoms with Crippen molar-refractivity contribution in [3.8, 4) is 0 Å². The average Bonchev–Trinajstić information content (AvgIpc) is 2.18. The topological polar surface area (TPSA) is 97.5 Å². The second-order valence-corrected chi connectivity index (χ2v) is 4.32. The molecule has 7 heteroatoms. The van der Waals surface area contributed by atoms with Gasteiger partial charge in [-0.1, -0.05) is 24.3 Å². The van der Waals surface area contributed by atoms with Gasteiger partial charge in [0, 0.05) is 0 Å². The zero-order valence-corrected chi connectivity index (χ0v) is 12.6. The molecule has 0 heterocycles. The van der Waals surface area contributed by atoms with Crippen molar-refractivity contribution < 1.29 is 48.7 Å². The van der Waals surface area contributed by atoms with Crippen LogP contribution in [0, 0.1) is 6.92 Å². The predicted molar refractivity (Wildman–Crippen MR) is 61.5 cm³/mol. The van der Waals surface area contributed by atoms with Gasteiger partial charge >= 0.3 is 29.6 Å². The Balaban J connectivity index is -0.000000282. The maximum absolute atomic E-state index is 10.5. The number of carbonyl (C=O) groups excluding carboxylic acids is 1. The molecule has 0 aliphatic rings. The van der Waals surface area contributed by atoms with E-state index in [1.807, 2.05) is 6.92 Å². The minimum atomic E-state index is -4.02. The first-order valence-corrected chi connectivity index (χ1v) is 5.67. The van der Waals surface area contributed by atoms with Crippen LogP contribution in [0.25, 0.3) is 0 Å². The van der Waals surface area contributed by atoms with E-state index in [0.29, 0.717) is 0 Å². The van der Waals surface area contributed by atoms with Gasteiger partial charge in [0.15, 0.2) is 0 Å². The second-order valence-electron chi connectivity index (χ2n) is 2.89. The van der Waals surface area contributed by atoms with Gasteiger partial charge in [-0.15, -0.1) is 0 Å². The largest absolute Gasteiger partial charge is 1.00 e. The van der Waals surface area contributed by atoms with Crippen LogP contribution in [-0.4, -0.2) is 18.9 Å². The van der Waals surface area contributed by atoms with E-state index in [4.69, 9.17) is 4.55 Å². The maximum Gasteiger partial charge on any atom is 1.00 e. The van der Waals surface area contributed by atoms with Crippen LogP contribution in [0.3, 0.4) is 0 Å². The molecule has 0 fully saturated rings. The third-order valence-corrected chi connectivity index (χ3v) is 2.39. The number of amides is 1. The van der Waals surface area contributed by atoms with E-state index in [1.54, 1.807) is 12.1 Å². The quantitative estimate of drug-likeness (QED) is 0.368. The van der Waals surface area contributed by atoms with Gasteiger partial charge in [0.05, 0.1) is 4.90 Å². The molecule has 1 amide bonds. The maximum atomic E-state index is 10.5. The van der Waals surface area contributed by atoms with Crippen molar-refractivity contribution in [1.29, 1.82) is 0 Å². The first-order chi connectivity index (χ1) is 7.27. The summed E-state index contributed by atoms with van der Waals surface area (Å²) in [5, 5.41) is 0. The number of aryl methyl sites for hydroxylation is 1. The summed E-state index contributed by atoms with van der Waals surface area (Å²) < 4.78 is 29.6. The molecule has 1 aromatic rings. The standard InChI is InChI=1S/C7H8O3S.C3H5NO.Na.H/c1-6-2-4-7(5-3-6)11(8,9)10;1-2-3(4)5;;/h2-5H,1H3,(H,8,9,10);2H,1H2,(H2,4,5);;/q;;+1;-1. The number of benzene rings is 1. The molecular weight excluding hydrogens is 253 g/mol. The number of primary amides is 1. The average molecular weight is 267 g/mol. The molecule has 17 heavy (non-hydrogen) atoms. The van der Waals surface area contributed by atoms with E-state index >= 15 is 0 Å². The zero-order valence-electron chi connectivity index (χ0n) is 10.8. The van der Waals surface area contributed by atoms with Crippen LogP contribution in [0.4, 0.5) is 0 Å². The molecule has 1 aromatic carbocycles. The van der Waals surface area contributed by atoms with Gasteiger partial charge in [0.2, 0.25) is 5.91 Å². The van der Waals surface area contributed by atoms with Crippen molar-refractivity contribution in [2.24, 2.45) is 5.73 Å². The molecule has 0 radical (unpaired) electrons. The molecule has 0 spiro atoms. The predicted octanol–water partition coefficient (Wildman–Crippen LogP) is -1.98. The summed E-state index contributed by atoms with van der Waals surface area (Å²) in [6.07, 6.45) is 1.06. The summed E-state index contributed by atoms with van der Waals surface area (Å²) in [5.41, 5.74) is 5.49. The van der Waals surface area contributed by atoms with Crippen molar-refractivity contribution >= 4 is 16.0 Å². The van der Waals surface area contributed by atoms with Crippen molar-refractivity contribution in [3.63, 3.8) is 0 Å². The van der Waals surface area contributed by atoms with E-state index in [0.717, 1.165) is 11.6 Å². The molecule has 0 aromatic heterocycles. The van der Waals surface area contributed by atoms with Crippen molar-refractivity contribution in [1.82, 2.24) is 0 Å². The van der Waals surface area contributed by atoms with Crippen LogP contribution >= 0.6 is 0 Å². The molecule has 0 atom stereocenters. The molecule has 0 saturated carbocycles. The Labute approximate surface area is 124 Å². The molecule has 3 N–H and O–H groups in total. The number of rotatable bonds is 2. The Morgan fingerprint density at radius 1 is 1.41 bits per heavy atom. The molecule has 0 bridgehead atoms. The van der Waals surface area contributed by atoms with E-state index in [-0.39, 0.29) is 35.9 Å². The Kier molecular flexibility index (Phi) is 9.28. The van der Waals surface area contributed by atoms with Crippen LogP contribution in [0.5, 0.6) is 0 Å². The van der Waals surface area contributed by atoms with Gasteiger partial charge in [-0.3, -0.25) is 9.35 Å². The van der Waals surface area contributed by atoms with E-state index in [1.165, 1.54) is 12.1 Å². The molecule has 0 unspecified atom stereocenters. The molecule has 5 nitrogen and oxygen atoms in total. The molecule has 90 valence electrons. The van der Waals surface area contributed by atoms with Gasteiger partial charge < -0.3 is 7.16 Å². The first-order valence-electron chi connectivity index (χ1n) is 4.23. The van der Waals surface area contributed by atoms with E-state index in [9.17, 15) is 13.2 Å². The van der Waals surface area contributed by atoms with Crippen molar-refractivity contribution in [2.45, 2.75) is 11.8 Å². The second kappa shape index (κ2) is 8.43. The van der Waals surface area contributed by atoms with Gasteiger partial charge in [0.1, 0.15) is 0 Å². The number of carbonyl (C=O) groups is 1. The normalized spacial score (nSPS) is 9.29. The molecular formula is C10H14NNaO4S. The van der Waals surface area contributed by atoms with Gasteiger partial charge in [0.25, 0.3) is 10.1 Å². The molecule has 0 saturated heterocycles. The molecule has 0 aliphatic carbocycles. The summed E-state index contributed by atoms with van der Waals surface area (Å²) in [7, 11) is -4.02. The van der Waals surface area contributed by atoms with Gasteiger partial charge in [-0.05, 0) is 25.1 Å². The Hall–Kier alpha value is -0.660. The Bertz CT molecular complexity index is 473. The Morgan fingerprint density at radius 2 is 1.76 bits per heavy atom. The minimum absolute atomic E-state index is 0. The smallest absolute Gasteiger partial charge is 1.00 e. The van der Waals surface area contributed by atoms with Crippen LogP contribution in [0.15, 0.2) is 41.8 Å². The van der Waals surface area contributed by atoms with Crippen LogP contribution in [-0.2, 0) is 14.9 Å². The van der Waals surface area contributed by atoms with Crippen molar-refractivity contribution in [3.05, 3.63) is 42.5 Å².